The summed E-state index contributed by atoms with van der Waals surface area (Å²) in [5.74, 6) is -0.0468. The van der Waals surface area contributed by atoms with Crippen molar-refractivity contribution in [2.75, 3.05) is 13.7 Å². The van der Waals surface area contributed by atoms with Crippen LogP contribution in [0, 0.1) is 0 Å². The summed E-state index contributed by atoms with van der Waals surface area (Å²) in [5, 5.41) is 4.20. The van der Waals surface area contributed by atoms with E-state index >= 15 is 0 Å². The van der Waals surface area contributed by atoms with Gasteiger partial charge in [0.15, 0.2) is 11.4 Å². The van der Waals surface area contributed by atoms with Gasteiger partial charge < -0.3 is 4.74 Å². The molecule has 0 unspecified atom stereocenters. The van der Waals surface area contributed by atoms with E-state index in [4.69, 9.17) is 9.57 Å². The van der Waals surface area contributed by atoms with Crippen molar-refractivity contribution in [1.82, 2.24) is 15.3 Å². The quantitative estimate of drug-likeness (QED) is 0.829. The molecule has 6 nitrogen and oxygen atoms in total. The average molecular weight is 261 g/mol. The number of methoxy groups -OCH3 is 1. The first kappa shape index (κ1) is 13.1. The van der Waals surface area contributed by atoms with Gasteiger partial charge in [0.1, 0.15) is 0 Å². The molecule has 0 saturated carbocycles. The highest BCUT2D eigenvalue weighted by Crippen LogP contribution is 2.19. The van der Waals surface area contributed by atoms with E-state index in [2.05, 4.69) is 10.6 Å². The van der Waals surface area contributed by atoms with Crippen molar-refractivity contribution in [3.05, 3.63) is 42.2 Å². The molecule has 6 heteroatoms. The van der Waals surface area contributed by atoms with Gasteiger partial charge in [0.25, 0.3) is 5.91 Å². The first-order valence-electron chi connectivity index (χ1n) is 5.87. The van der Waals surface area contributed by atoms with Crippen LogP contribution in [0.1, 0.15) is 17.4 Å². The van der Waals surface area contributed by atoms with Crippen LogP contribution >= 0.6 is 0 Å². The Bertz CT molecular complexity index is 552. The summed E-state index contributed by atoms with van der Waals surface area (Å²) in [6.45, 7) is 2.16. The SMILES string of the molecule is CCONC(=O)c1nn(-c2ccccc2)cc1OC. The predicted octanol–water partition coefficient (Wildman–Crippen LogP) is 1.56. The standard InChI is InChI=1S/C13H15N3O3/c1-3-19-15-13(17)12-11(18-2)9-16(14-12)10-7-5-4-6-8-10/h4-9H,3H2,1-2H3,(H,15,17). The summed E-state index contributed by atoms with van der Waals surface area (Å²) < 4.78 is 6.73. The van der Waals surface area contributed by atoms with E-state index < -0.39 is 5.91 Å². The third kappa shape index (κ3) is 2.92. The predicted molar refractivity (Wildman–Crippen MR) is 69.2 cm³/mol. The second kappa shape index (κ2) is 6.01. The summed E-state index contributed by atoms with van der Waals surface area (Å²) in [7, 11) is 1.49. The van der Waals surface area contributed by atoms with Crippen LogP contribution in [0.15, 0.2) is 36.5 Å². The Labute approximate surface area is 110 Å². The van der Waals surface area contributed by atoms with Gasteiger partial charge in [-0.2, -0.15) is 5.10 Å². The van der Waals surface area contributed by atoms with Crippen LogP contribution in [0.25, 0.3) is 5.69 Å². The van der Waals surface area contributed by atoms with Gasteiger partial charge in [0.2, 0.25) is 0 Å². The number of benzene rings is 1. The molecule has 0 aliphatic heterocycles. The van der Waals surface area contributed by atoms with Gasteiger partial charge in [-0.3, -0.25) is 9.63 Å². The Balaban J connectivity index is 2.30. The molecule has 0 spiro atoms. The number of hydroxylamine groups is 1. The van der Waals surface area contributed by atoms with Crippen LogP contribution in [0.3, 0.4) is 0 Å². The molecule has 1 heterocycles. The van der Waals surface area contributed by atoms with Crippen LogP contribution in [0.4, 0.5) is 0 Å². The highest BCUT2D eigenvalue weighted by atomic mass is 16.6. The van der Waals surface area contributed by atoms with E-state index in [9.17, 15) is 4.79 Å². The molecule has 0 saturated heterocycles. The van der Waals surface area contributed by atoms with Gasteiger partial charge in [-0.05, 0) is 19.1 Å². The molecule has 1 N–H and O–H groups in total. The molecule has 0 radical (unpaired) electrons. The van der Waals surface area contributed by atoms with E-state index in [1.807, 2.05) is 30.3 Å². The van der Waals surface area contributed by atoms with Crippen molar-refractivity contribution in [3.8, 4) is 11.4 Å². The lowest BCUT2D eigenvalue weighted by Crippen LogP contribution is -2.24. The van der Waals surface area contributed by atoms with Gasteiger partial charge in [-0.15, -0.1) is 0 Å². The van der Waals surface area contributed by atoms with E-state index in [0.717, 1.165) is 5.69 Å². The number of aromatic nitrogens is 2. The fraction of sp³-hybridized carbons (Fsp3) is 0.231. The zero-order valence-corrected chi connectivity index (χ0v) is 10.8. The molecule has 100 valence electrons. The number of hydrogen-bond acceptors (Lipinski definition) is 4. The molecule has 1 aromatic carbocycles. The molecule has 2 rings (SSSR count). The number of para-hydroxylation sites is 1. The zero-order valence-electron chi connectivity index (χ0n) is 10.8. The van der Waals surface area contributed by atoms with E-state index in [-0.39, 0.29) is 5.69 Å². The maximum Gasteiger partial charge on any atom is 0.299 e. The van der Waals surface area contributed by atoms with Gasteiger partial charge in [-0.1, -0.05) is 18.2 Å². The van der Waals surface area contributed by atoms with Crippen molar-refractivity contribution in [2.45, 2.75) is 6.92 Å². The maximum absolute atomic E-state index is 11.8. The Morgan fingerprint density at radius 1 is 1.37 bits per heavy atom. The Kier molecular flexibility index (Phi) is 4.15. The molecule has 0 aliphatic carbocycles. The van der Waals surface area contributed by atoms with Gasteiger partial charge in [0.05, 0.1) is 25.6 Å². The number of amides is 1. The number of carbonyl (C=O) groups is 1. The van der Waals surface area contributed by atoms with Crippen LogP contribution in [0.2, 0.25) is 0 Å². The molecule has 0 aliphatic rings. The largest absolute Gasteiger partial charge is 0.493 e. The van der Waals surface area contributed by atoms with Crippen LogP contribution < -0.4 is 10.2 Å². The fourth-order valence-corrected chi connectivity index (χ4v) is 1.56. The smallest absolute Gasteiger partial charge is 0.299 e. The highest BCUT2D eigenvalue weighted by Gasteiger charge is 2.18. The third-order valence-corrected chi connectivity index (χ3v) is 2.45. The monoisotopic (exact) mass is 261 g/mol. The van der Waals surface area contributed by atoms with Crippen LogP contribution in [0.5, 0.6) is 5.75 Å². The summed E-state index contributed by atoms with van der Waals surface area (Å²) >= 11 is 0. The number of hydrogen-bond donors (Lipinski definition) is 1. The molecular formula is C13H15N3O3. The zero-order chi connectivity index (χ0) is 13.7. The average Bonchev–Trinajstić information content (AvgIpc) is 2.90. The van der Waals surface area contributed by atoms with E-state index in [1.54, 1.807) is 17.8 Å². The topological polar surface area (TPSA) is 65.4 Å². The van der Waals surface area contributed by atoms with Gasteiger partial charge >= 0.3 is 0 Å². The minimum atomic E-state index is -0.437. The summed E-state index contributed by atoms with van der Waals surface area (Å²) in [6.07, 6.45) is 1.65. The molecule has 0 fully saturated rings. The van der Waals surface area contributed by atoms with Crippen molar-refractivity contribution in [3.63, 3.8) is 0 Å². The minimum Gasteiger partial charge on any atom is -0.493 e. The number of nitrogens with one attached hydrogen (secondary N) is 1. The number of carbonyl (C=O) groups excluding carboxylic acids is 1. The summed E-state index contributed by atoms with van der Waals surface area (Å²) in [4.78, 5) is 16.7. The fourth-order valence-electron chi connectivity index (χ4n) is 1.56. The number of ether oxygens (including phenoxy) is 1. The first-order valence-corrected chi connectivity index (χ1v) is 5.87. The number of rotatable bonds is 5. The lowest BCUT2D eigenvalue weighted by atomic mass is 10.3. The van der Waals surface area contributed by atoms with Crippen LogP contribution in [-0.4, -0.2) is 29.4 Å². The highest BCUT2D eigenvalue weighted by molar-refractivity contribution is 5.94. The second-order valence-electron chi connectivity index (χ2n) is 3.69. The molecule has 19 heavy (non-hydrogen) atoms. The lowest BCUT2D eigenvalue weighted by molar-refractivity contribution is 0.0357. The molecule has 1 aromatic heterocycles. The maximum atomic E-state index is 11.8. The lowest BCUT2D eigenvalue weighted by Gasteiger charge is -2.02. The van der Waals surface area contributed by atoms with Gasteiger partial charge in [0, 0.05) is 0 Å². The Morgan fingerprint density at radius 2 is 2.11 bits per heavy atom. The summed E-state index contributed by atoms with van der Waals surface area (Å²) in [5.41, 5.74) is 3.32. The Hall–Kier alpha value is -2.34. The molecule has 0 atom stereocenters. The van der Waals surface area contributed by atoms with Crippen molar-refractivity contribution >= 4 is 5.91 Å². The summed E-state index contributed by atoms with van der Waals surface area (Å²) in [6, 6.07) is 9.47. The van der Waals surface area contributed by atoms with Gasteiger partial charge in [-0.25, -0.2) is 10.2 Å². The molecule has 1 amide bonds. The molecule has 0 bridgehead atoms. The Morgan fingerprint density at radius 3 is 2.74 bits per heavy atom. The van der Waals surface area contributed by atoms with E-state index in [1.165, 1.54) is 7.11 Å². The van der Waals surface area contributed by atoms with Crippen molar-refractivity contribution in [2.24, 2.45) is 0 Å². The van der Waals surface area contributed by atoms with E-state index in [0.29, 0.717) is 12.4 Å². The second-order valence-corrected chi connectivity index (χ2v) is 3.69. The number of nitrogens with zero attached hydrogens (tertiary/aromatic N) is 2. The van der Waals surface area contributed by atoms with Crippen molar-refractivity contribution < 1.29 is 14.4 Å². The third-order valence-electron chi connectivity index (χ3n) is 2.45. The minimum absolute atomic E-state index is 0.180. The first-order chi connectivity index (χ1) is 9.26. The van der Waals surface area contributed by atoms with Crippen molar-refractivity contribution in [1.29, 1.82) is 0 Å². The van der Waals surface area contributed by atoms with Crippen LogP contribution in [-0.2, 0) is 4.84 Å². The molecule has 2 aromatic rings. The molecular weight excluding hydrogens is 246 g/mol. The normalized spacial score (nSPS) is 10.2.